The summed E-state index contributed by atoms with van der Waals surface area (Å²) in [5.74, 6) is 0.488. The lowest BCUT2D eigenvalue weighted by Crippen LogP contribution is -2.22. The average molecular weight is 275 g/mol. The molecule has 4 nitrogen and oxygen atoms in total. The number of allylic oxidation sites excluding steroid dienone is 2. The molecule has 0 spiro atoms. The minimum Gasteiger partial charge on any atom is -0.462 e. The summed E-state index contributed by atoms with van der Waals surface area (Å²) in [7, 11) is 0. The maximum absolute atomic E-state index is 12.0. The van der Waals surface area contributed by atoms with Crippen LogP contribution in [0.3, 0.4) is 0 Å². The van der Waals surface area contributed by atoms with Crippen molar-refractivity contribution in [1.82, 2.24) is 4.98 Å². The van der Waals surface area contributed by atoms with Crippen molar-refractivity contribution < 1.29 is 9.53 Å². The molecule has 0 amide bonds. The van der Waals surface area contributed by atoms with Gasteiger partial charge >= 0.3 is 5.97 Å². The van der Waals surface area contributed by atoms with Crippen molar-refractivity contribution in [2.45, 2.75) is 33.1 Å². The first-order valence-electron chi connectivity index (χ1n) is 7.15. The number of esters is 1. The highest BCUT2D eigenvalue weighted by atomic mass is 16.5. The zero-order valence-corrected chi connectivity index (χ0v) is 12.0. The quantitative estimate of drug-likeness (QED) is 0.679. The molecule has 0 fully saturated rings. The van der Waals surface area contributed by atoms with E-state index in [4.69, 9.17) is 4.74 Å². The SMILES string of the molecule is CCc1cc(C(=O)OC[C@H]2CC=CC[C@@H]2C)cc(=O)[nH]1. The van der Waals surface area contributed by atoms with E-state index >= 15 is 0 Å². The van der Waals surface area contributed by atoms with Gasteiger partial charge in [0.2, 0.25) is 5.56 Å². The van der Waals surface area contributed by atoms with E-state index in [2.05, 4.69) is 24.1 Å². The predicted octanol–water partition coefficient (Wildman–Crippen LogP) is 2.70. The van der Waals surface area contributed by atoms with Crippen LogP contribution < -0.4 is 5.56 Å². The van der Waals surface area contributed by atoms with E-state index in [0.717, 1.165) is 18.5 Å². The summed E-state index contributed by atoms with van der Waals surface area (Å²) in [6, 6.07) is 2.99. The largest absolute Gasteiger partial charge is 0.462 e. The van der Waals surface area contributed by atoms with Crippen molar-refractivity contribution in [3.05, 3.63) is 45.9 Å². The summed E-state index contributed by atoms with van der Waals surface area (Å²) in [4.78, 5) is 26.2. The van der Waals surface area contributed by atoms with Gasteiger partial charge in [-0.1, -0.05) is 26.0 Å². The highest BCUT2D eigenvalue weighted by Crippen LogP contribution is 2.25. The van der Waals surface area contributed by atoms with Crippen LogP contribution in [-0.4, -0.2) is 17.6 Å². The van der Waals surface area contributed by atoms with Crippen LogP contribution in [0.25, 0.3) is 0 Å². The molecule has 1 aromatic heterocycles. The zero-order valence-electron chi connectivity index (χ0n) is 12.0. The van der Waals surface area contributed by atoms with E-state index in [1.807, 2.05) is 6.92 Å². The summed E-state index contributed by atoms with van der Waals surface area (Å²) in [6.45, 7) is 4.51. The summed E-state index contributed by atoms with van der Waals surface area (Å²) < 4.78 is 5.37. The molecular formula is C16H21NO3. The van der Waals surface area contributed by atoms with Crippen LogP contribution in [0.5, 0.6) is 0 Å². The Morgan fingerprint density at radius 3 is 2.80 bits per heavy atom. The van der Waals surface area contributed by atoms with Crippen molar-refractivity contribution in [2.75, 3.05) is 6.61 Å². The molecule has 1 N–H and O–H groups in total. The molecule has 20 heavy (non-hydrogen) atoms. The smallest absolute Gasteiger partial charge is 0.338 e. The van der Waals surface area contributed by atoms with Crippen LogP contribution in [0.4, 0.5) is 0 Å². The Kier molecular flexibility index (Phi) is 4.77. The van der Waals surface area contributed by atoms with Crippen LogP contribution >= 0.6 is 0 Å². The second-order valence-corrected chi connectivity index (χ2v) is 5.39. The second-order valence-electron chi connectivity index (χ2n) is 5.39. The van der Waals surface area contributed by atoms with E-state index in [9.17, 15) is 9.59 Å². The van der Waals surface area contributed by atoms with Gasteiger partial charge < -0.3 is 9.72 Å². The third kappa shape index (κ3) is 3.59. The molecule has 0 aromatic carbocycles. The highest BCUT2D eigenvalue weighted by molar-refractivity contribution is 5.89. The second kappa shape index (κ2) is 6.55. The number of carbonyl (C=O) groups is 1. The van der Waals surface area contributed by atoms with E-state index in [-0.39, 0.29) is 5.56 Å². The van der Waals surface area contributed by atoms with Gasteiger partial charge in [-0.3, -0.25) is 4.79 Å². The monoisotopic (exact) mass is 275 g/mol. The molecule has 0 aliphatic heterocycles. The standard InChI is InChI=1S/C16H21NO3/c1-3-14-8-13(9-15(18)17-14)16(19)20-10-12-7-5-4-6-11(12)2/h4-5,8-9,11-12H,3,6-7,10H2,1-2H3,(H,17,18)/t11-,12+/m0/s1. The third-order valence-corrected chi connectivity index (χ3v) is 3.86. The van der Waals surface area contributed by atoms with Crippen molar-refractivity contribution in [3.8, 4) is 0 Å². The van der Waals surface area contributed by atoms with Gasteiger partial charge in [0.15, 0.2) is 0 Å². The Labute approximate surface area is 118 Å². The summed E-state index contributed by atoms with van der Waals surface area (Å²) in [6.07, 6.45) is 6.98. The normalized spacial score (nSPS) is 21.7. The van der Waals surface area contributed by atoms with Crippen LogP contribution in [0.1, 0.15) is 42.7 Å². The van der Waals surface area contributed by atoms with E-state index in [1.54, 1.807) is 6.07 Å². The molecule has 1 heterocycles. The van der Waals surface area contributed by atoms with Gasteiger partial charge in [0.25, 0.3) is 0 Å². The van der Waals surface area contributed by atoms with E-state index in [1.165, 1.54) is 6.07 Å². The number of H-pyrrole nitrogens is 1. The Balaban J connectivity index is 2.00. The lowest BCUT2D eigenvalue weighted by Gasteiger charge is -2.24. The van der Waals surface area contributed by atoms with Crippen LogP contribution in [0, 0.1) is 11.8 Å². The minimum absolute atomic E-state index is 0.259. The maximum Gasteiger partial charge on any atom is 0.338 e. The summed E-state index contributed by atoms with van der Waals surface area (Å²) in [5.41, 5.74) is 0.827. The van der Waals surface area contributed by atoms with Gasteiger partial charge in [-0.15, -0.1) is 0 Å². The Hall–Kier alpha value is -1.84. The van der Waals surface area contributed by atoms with E-state index in [0.29, 0.717) is 30.4 Å². The number of rotatable bonds is 4. The summed E-state index contributed by atoms with van der Waals surface area (Å²) >= 11 is 0. The Morgan fingerprint density at radius 1 is 1.35 bits per heavy atom. The number of ether oxygens (including phenoxy) is 1. The topological polar surface area (TPSA) is 59.2 Å². The Bertz CT molecular complexity index is 559. The highest BCUT2D eigenvalue weighted by Gasteiger charge is 2.20. The number of hydrogen-bond acceptors (Lipinski definition) is 3. The molecule has 0 radical (unpaired) electrons. The van der Waals surface area contributed by atoms with Gasteiger partial charge in [0, 0.05) is 11.8 Å². The molecule has 108 valence electrons. The third-order valence-electron chi connectivity index (χ3n) is 3.86. The number of aromatic nitrogens is 1. The molecule has 4 heteroatoms. The van der Waals surface area contributed by atoms with Crippen molar-refractivity contribution >= 4 is 5.97 Å². The predicted molar refractivity (Wildman–Crippen MR) is 77.8 cm³/mol. The van der Waals surface area contributed by atoms with Crippen molar-refractivity contribution in [3.63, 3.8) is 0 Å². The van der Waals surface area contributed by atoms with Gasteiger partial charge in [-0.25, -0.2) is 4.79 Å². The average Bonchev–Trinajstić information content (AvgIpc) is 2.45. The zero-order chi connectivity index (χ0) is 14.5. The van der Waals surface area contributed by atoms with E-state index < -0.39 is 5.97 Å². The van der Waals surface area contributed by atoms with Gasteiger partial charge in [-0.05, 0) is 37.2 Å². The molecule has 2 atom stereocenters. The molecule has 0 saturated heterocycles. The molecule has 1 aromatic rings. The fourth-order valence-corrected chi connectivity index (χ4v) is 2.41. The molecule has 2 rings (SSSR count). The molecule has 0 bridgehead atoms. The van der Waals surface area contributed by atoms with Crippen LogP contribution in [-0.2, 0) is 11.2 Å². The lowest BCUT2D eigenvalue weighted by atomic mass is 9.85. The lowest BCUT2D eigenvalue weighted by molar-refractivity contribution is 0.0395. The minimum atomic E-state index is -0.410. The number of pyridine rings is 1. The van der Waals surface area contributed by atoms with Gasteiger partial charge in [-0.2, -0.15) is 0 Å². The van der Waals surface area contributed by atoms with Gasteiger partial charge in [0.05, 0.1) is 12.2 Å². The van der Waals surface area contributed by atoms with Gasteiger partial charge in [0.1, 0.15) is 0 Å². The fraction of sp³-hybridized carbons (Fsp3) is 0.500. The molecular weight excluding hydrogens is 254 g/mol. The van der Waals surface area contributed by atoms with Crippen LogP contribution in [0.2, 0.25) is 0 Å². The Morgan fingerprint density at radius 2 is 2.10 bits per heavy atom. The van der Waals surface area contributed by atoms with Crippen molar-refractivity contribution in [1.29, 1.82) is 0 Å². The number of aromatic amines is 1. The maximum atomic E-state index is 12.0. The molecule has 1 aliphatic carbocycles. The molecule has 0 saturated carbocycles. The first-order valence-corrected chi connectivity index (χ1v) is 7.15. The van der Waals surface area contributed by atoms with Crippen LogP contribution in [0.15, 0.2) is 29.1 Å². The summed E-state index contributed by atoms with van der Waals surface area (Å²) in [5, 5.41) is 0. The fourth-order valence-electron chi connectivity index (χ4n) is 2.41. The number of carbonyl (C=O) groups excluding carboxylic acids is 1. The number of hydrogen-bond donors (Lipinski definition) is 1. The first kappa shape index (κ1) is 14.6. The molecule has 1 aliphatic rings. The number of aryl methyl sites for hydroxylation is 1. The number of nitrogens with one attached hydrogen (secondary N) is 1. The first-order chi connectivity index (χ1) is 9.60. The van der Waals surface area contributed by atoms with Crippen molar-refractivity contribution in [2.24, 2.45) is 11.8 Å². The molecule has 0 unspecified atom stereocenters.